The Morgan fingerprint density at radius 3 is 2.53 bits per heavy atom. The first-order chi connectivity index (χ1) is 9.04. The van der Waals surface area contributed by atoms with E-state index in [0.29, 0.717) is 6.08 Å². The maximum absolute atomic E-state index is 13.2. The molecule has 5 nitrogen and oxygen atoms in total. The summed E-state index contributed by atoms with van der Waals surface area (Å²) in [4.78, 5) is 11.5. The van der Waals surface area contributed by atoms with Crippen LogP contribution in [0, 0.1) is 0 Å². The predicted molar refractivity (Wildman–Crippen MR) is 65.0 cm³/mol. The van der Waals surface area contributed by atoms with Crippen molar-refractivity contribution in [3.05, 3.63) is 47.8 Å². The molecule has 2 atom stereocenters. The van der Waals surface area contributed by atoms with Crippen molar-refractivity contribution < 1.29 is 29.2 Å². The molecule has 0 fully saturated rings. The molecule has 0 heterocycles. The molecule has 1 rings (SSSR count). The lowest BCUT2D eigenvalue weighted by atomic mass is 10.2. The quantitative estimate of drug-likeness (QED) is 0.652. The van der Waals surface area contributed by atoms with Crippen LogP contribution in [0.1, 0.15) is 10.4 Å². The maximum Gasteiger partial charge on any atom is 0.338 e. The number of hydrogen-bond donors (Lipinski definition) is 3. The van der Waals surface area contributed by atoms with Crippen molar-refractivity contribution in [3.63, 3.8) is 0 Å². The van der Waals surface area contributed by atoms with Crippen molar-refractivity contribution in [3.8, 4) is 0 Å². The Morgan fingerprint density at radius 2 is 1.95 bits per heavy atom. The van der Waals surface area contributed by atoms with Crippen LogP contribution in [0.15, 0.2) is 42.2 Å². The molecule has 104 valence electrons. The topological polar surface area (TPSA) is 87.0 Å². The van der Waals surface area contributed by atoms with E-state index in [1.807, 2.05) is 0 Å². The summed E-state index contributed by atoms with van der Waals surface area (Å²) in [6.45, 7) is -1.24. The number of aliphatic hydroxyl groups is 3. The second-order valence-electron chi connectivity index (χ2n) is 3.78. The molecule has 0 saturated carbocycles. The first-order valence-electron chi connectivity index (χ1n) is 5.61. The molecule has 6 heteroatoms. The van der Waals surface area contributed by atoms with Gasteiger partial charge in [-0.3, -0.25) is 0 Å². The van der Waals surface area contributed by atoms with E-state index in [0.717, 1.165) is 0 Å². The summed E-state index contributed by atoms with van der Waals surface area (Å²) in [7, 11) is 0. The van der Waals surface area contributed by atoms with Crippen LogP contribution in [0.2, 0.25) is 0 Å². The van der Waals surface area contributed by atoms with Crippen LogP contribution in [-0.4, -0.2) is 46.7 Å². The van der Waals surface area contributed by atoms with E-state index in [4.69, 9.17) is 14.9 Å². The van der Waals surface area contributed by atoms with E-state index < -0.39 is 37.2 Å². The molecule has 0 bridgehead atoms. The van der Waals surface area contributed by atoms with Gasteiger partial charge in [-0.25, -0.2) is 9.18 Å². The lowest BCUT2D eigenvalue weighted by Crippen LogP contribution is -2.21. The van der Waals surface area contributed by atoms with Gasteiger partial charge in [0.2, 0.25) is 0 Å². The van der Waals surface area contributed by atoms with Crippen LogP contribution < -0.4 is 0 Å². The molecule has 1 aromatic carbocycles. The monoisotopic (exact) mass is 270 g/mol. The normalized spacial score (nSPS) is 14.8. The van der Waals surface area contributed by atoms with E-state index in [2.05, 4.69) is 0 Å². The third kappa shape index (κ3) is 5.17. The van der Waals surface area contributed by atoms with Gasteiger partial charge in [0.25, 0.3) is 0 Å². The van der Waals surface area contributed by atoms with Crippen molar-refractivity contribution in [2.45, 2.75) is 12.2 Å². The Bertz CT molecular complexity index is 432. The number of halogens is 1. The van der Waals surface area contributed by atoms with Crippen molar-refractivity contribution >= 4 is 5.97 Å². The van der Waals surface area contributed by atoms with Gasteiger partial charge in [-0.15, -0.1) is 0 Å². The van der Waals surface area contributed by atoms with E-state index in [9.17, 15) is 14.3 Å². The molecule has 0 radical (unpaired) electrons. The molecule has 0 aliphatic rings. The van der Waals surface area contributed by atoms with Gasteiger partial charge >= 0.3 is 5.97 Å². The maximum atomic E-state index is 13.2. The summed E-state index contributed by atoms with van der Waals surface area (Å²) < 4.78 is 17.9. The van der Waals surface area contributed by atoms with Gasteiger partial charge in [-0.05, 0) is 18.2 Å². The lowest BCUT2D eigenvalue weighted by Gasteiger charge is -2.10. The summed E-state index contributed by atoms with van der Waals surface area (Å²) in [6.07, 6.45) is -2.42. The molecule has 0 aliphatic heterocycles. The van der Waals surface area contributed by atoms with Crippen molar-refractivity contribution in [1.82, 2.24) is 0 Å². The Hall–Kier alpha value is -1.76. The number of aliphatic hydroxyl groups excluding tert-OH is 3. The number of hydrogen-bond acceptors (Lipinski definition) is 5. The zero-order valence-corrected chi connectivity index (χ0v) is 10.1. The van der Waals surface area contributed by atoms with Crippen molar-refractivity contribution in [2.24, 2.45) is 0 Å². The zero-order chi connectivity index (χ0) is 14.3. The Balaban J connectivity index is 2.48. The Kier molecular flexibility index (Phi) is 6.14. The number of ether oxygens (including phenoxy) is 1. The zero-order valence-electron chi connectivity index (χ0n) is 10.1. The second-order valence-corrected chi connectivity index (χ2v) is 3.78. The highest BCUT2D eigenvalue weighted by Gasteiger charge is 2.15. The molecule has 0 saturated heterocycles. The summed E-state index contributed by atoms with van der Waals surface area (Å²) in [5, 5.41) is 26.8. The van der Waals surface area contributed by atoms with Gasteiger partial charge in [0, 0.05) is 0 Å². The van der Waals surface area contributed by atoms with E-state index in [1.165, 1.54) is 12.1 Å². The van der Waals surface area contributed by atoms with Crippen LogP contribution in [0.4, 0.5) is 4.39 Å². The SMILES string of the molecule is O=C(OC[C@H](O)/C(F)=C\[C@H](O)CO)c1ccccc1. The van der Waals surface area contributed by atoms with E-state index in [1.54, 1.807) is 18.2 Å². The van der Waals surface area contributed by atoms with Gasteiger partial charge in [-0.2, -0.15) is 0 Å². The molecule has 0 unspecified atom stereocenters. The molecule has 0 amide bonds. The predicted octanol–water partition coefficient (Wildman–Crippen LogP) is 0.411. The average molecular weight is 270 g/mol. The number of esters is 1. The average Bonchev–Trinajstić information content (AvgIpc) is 2.44. The van der Waals surface area contributed by atoms with Gasteiger partial charge in [0.05, 0.1) is 18.3 Å². The second kappa shape index (κ2) is 7.63. The minimum absolute atomic E-state index is 0.287. The fraction of sp³-hybridized carbons (Fsp3) is 0.308. The first kappa shape index (κ1) is 15.3. The van der Waals surface area contributed by atoms with Gasteiger partial charge in [0.15, 0.2) is 0 Å². The summed E-state index contributed by atoms with van der Waals surface area (Å²) in [5.74, 6) is -1.75. The summed E-state index contributed by atoms with van der Waals surface area (Å²) in [6, 6.07) is 8.06. The van der Waals surface area contributed by atoms with Crippen LogP contribution in [-0.2, 0) is 4.74 Å². The molecule has 0 spiro atoms. The minimum Gasteiger partial charge on any atom is -0.459 e. The largest absolute Gasteiger partial charge is 0.459 e. The van der Waals surface area contributed by atoms with E-state index >= 15 is 0 Å². The van der Waals surface area contributed by atoms with E-state index in [-0.39, 0.29) is 5.56 Å². The van der Waals surface area contributed by atoms with Gasteiger partial charge in [-0.1, -0.05) is 18.2 Å². The Labute approximate surface area is 109 Å². The highest BCUT2D eigenvalue weighted by atomic mass is 19.1. The molecule has 0 aliphatic carbocycles. The smallest absolute Gasteiger partial charge is 0.338 e. The standard InChI is InChI=1S/C13H15FO5/c14-11(6-10(16)7-15)12(17)8-19-13(18)9-4-2-1-3-5-9/h1-6,10,12,15-17H,7-8H2/b11-6+/t10-,12-/m0/s1. The highest BCUT2D eigenvalue weighted by molar-refractivity contribution is 5.89. The fourth-order valence-corrected chi connectivity index (χ4v) is 1.24. The fourth-order valence-electron chi connectivity index (χ4n) is 1.24. The number of rotatable bonds is 6. The van der Waals surface area contributed by atoms with Crippen LogP contribution >= 0.6 is 0 Å². The summed E-state index contributed by atoms with van der Waals surface area (Å²) >= 11 is 0. The molecular weight excluding hydrogens is 255 g/mol. The third-order valence-electron chi connectivity index (χ3n) is 2.24. The number of benzene rings is 1. The molecular formula is C13H15FO5. The minimum atomic E-state index is -1.67. The number of carbonyl (C=O) groups excluding carboxylic acids is 1. The van der Waals surface area contributed by atoms with Crippen LogP contribution in [0.5, 0.6) is 0 Å². The molecule has 19 heavy (non-hydrogen) atoms. The van der Waals surface area contributed by atoms with Crippen molar-refractivity contribution in [2.75, 3.05) is 13.2 Å². The Morgan fingerprint density at radius 1 is 1.32 bits per heavy atom. The van der Waals surface area contributed by atoms with Gasteiger partial charge in [0.1, 0.15) is 18.5 Å². The molecule has 1 aromatic rings. The lowest BCUT2D eigenvalue weighted by molar-refractivity contribution is 0.0284. The number of carbonyl (C=O) groups is 1. The van der Waals surface area contributed by atoms with Crippen LogP contribution in [0.25, 0.3) is 0 Å². The van der Waals surface area contributed by atoms with Crippen molar-refractivity contribution in [1.29, 1.82) is 0 Å². The summed E-state index contributed by atoms with van der Waals surface area (Å²) in [5.41, 5.74) is 0.287. The molecule has 0 aromatic heterocycles. The highest BCUT2D eigenvalue weighted by Crippen LogP contribution is 2.08. The first-order valence-corrected chi connectivity index (χ1v) is 5.61. The van der Waals surface area contributed by atoms with Gasteiger partial charge < -0.3 is 20.1 Å². The van der Waals surface area contributed by atoms with Crippen LogP contribution in [0.3, 0.4) is 0 Å². The third-order valence-corrected chi connectivity index (χ3v) is 2.24. The molecule has 3 N–H and O–H groups in total.